The fourth-order valence-electron chi connectivity index (χ4n) is 2.97. The fourth-order valence-corrected chi connectivity index (χ4v) is 3.22. The van der Waals surface area contributed by atoms with Crippen LogP contribution in [0.1, 0.15) is 32.6 Å². The van der Waals surface area contributed by atoms with Crippen molar-refractivity contribution in [2.75, 3.05) is 5.73 Å². The number of rotatable bonds is 3. The number of aromatic nitrogens is 4. The molecule has 1 aromatic heterocycles. The first-order valence-electron chi connectivity index (χ1n) is 7.45. The predicted molar refractivity (Wildman–Crippen MR) is 86.5 cm³/mol. The first-order valence-corrected chi connectivity index (χ1v) is 8.24. The third-order valence-electron chi connectivity index (χ3n) is 4.35. The molecule has 2 aromatic rings. The first-order chi connectivity index (χ1) is 10.1. The molecule has 0 spiro atoms. The zero-order valence-corrected chi connectivity index (χ0v) is 13.8. The van der Waals surface area contributed by atoms with Gasteiger partial charge in [-0.15, -0.1) is 5.10 Å². The van der Waals surface area contributed by atoms with Gasteiger partial charge < -0.3 is 5.73 Å². The summed E-state index contributed by atoms with van der Waals surface area (Å²) in [6.45, 7) is 3.23. The van der Waals surface area contributed by atoms with Crippen LogP contribution in [-0.4, -0.2) is 20.2 Å². The van der Waals surface area contributed by atoms with Crippen molar-refractivity contribution in [2.24, 2.45) is 11.8 Å². The van der Waals surface area contributed by atoms with E-state index in [-0.39, 0.29) is 0 Å². The summed E-state index contributed by atoms with van der Waals surface area (Å²) in [6.07, 6.45) is 5.16. The maximum Gasteiger partial charge on any atom is 0.182 e. The van der Waals surface area contributed by atoms with Crippen molar-refractivity contribution in [3.8, 4) is 11.4 Å². The van der Waals surface area contributed by atoms with Gasteiger partial charge in [0.25, 0.3) is 0 Å². The molecule has 112 valence electrons. The quantitative estimate of drug-likeness (QED) is 0.860. The van der Waals surface area contributed by atoms with Crippen LogP contribution < -0.4 is 5.73 Å². The highest BCUT2D eigenvalue weighted by Gasteiger charge is 2.20. The van der Waals surface area contributed by atoms with Crippen molar-refractivity contribution >= 4 is 21.6 Å². The lowest BCUT2D eigenvalue weighted by Crippen LogP contribution is -2.19. The van der Waals surface area contributed by atoms with Gasteiger partial charge in [0, 0.05) is 22.3 Å². The van der Waals surface area contributed by atoms with E-state index in [1.165, 1.54) is 25.7 Å². The Morgan fingerprint density at radius 3 is 2.76 bits per heavy atom. The lowest BCUT2D eigenvalue weighted by Gasteiger charge is -2.26. The highest BCUT2D eigenvalue weighted by Crippen LogP contribution is 2.30. The average molecular weight is 350 g/mol. The molecule has 1 fully saturated rings. The molecule has 0 amide bonds. The van der Waals surface area contributed by atoms with Crippen LogP contribution in [0.4, 0.5) is 5.69 Å². The van der Waals surface area contributed by atoms with Crippen LogP contribution in [0.25, 0.3) is 11.4 Å². The molecule has 21 heavy (non-hydrogen) atoms. The number of nitrogens with two attached hydrogens (primary N) is 1. The third-order valence-corrected chi connectivity index (χ3v) is 5.07. The van der Waals surface area contributed by atoms with E-state index in [2.05, 4.69) is 38.4 Å². The molecule has 1 aliphatic rings. The maximum absolute atomic E-state index is 5.95. The second-order valence-corrected chi connectivity index (χ2v) is 6.90. The molecule has 0 atom stereocenters. The Labute approximate surface area is 133 Å². The van der Waals surface area contributed by atoms with Gasteiger partial charge in [-0.05, 0) is 69.2 Å². The Balaban J connectivity index is 1.79. The lowest BCUT2D eigenvalue weighted by atomic mass is 9.83. The normalized spacial score (nSPS) is 22.4. The standard InChI is InChI=1S/C15H20BrN5/c1-10-2-4-11(5-3-10)9-21-15(18-19-20-21)12-6-7-13(16)14(17)8-12/h6-8,10-11H,2-5,9,17H2,1H3. The minimum absolute atomic E-state index is 0.677. The summed E-state index contributed by atoms with van der Waals surface area (Å²) < 4.78 is 2.81. The van der Waals surface area contributed by atoms with Gasteiger partial charge in [0.05, 0.1) is 0 Å². The number of nitrogens with zero attached hydrogens (tertiary/aromatic N) is 4. The number of nitrogen functional groups attached to an aromatic ring is 1. The van der Waals surface area contributed by atoms with Gasteiger partial charge in [0.2, 0.25) is 0 Å². The van der Waals surface area contributed by atoms with Crippen LogP contribution in [0, 0.1) is 11.8 Å². The van der Waals surface area contributed by atoms with E-state index in [1.807, 2.05) is 22.9 Å². The summed E-state index contributed by atoms with van der Waals surface area (Å²) in [6, 6.07) is 5.84. The van der Waals surface area contributed by atoms with Crippen LogP contribution in [0.3, 0.4) is 0 Å². The molecule has 0 aliphatic heterocycles. The number of hydrogen-bond donors (Lipinski definition) is 1. The minimum Gasteiger partial charge on any atom is -0.398 e. The molecule has 1 heterocycles. The fraction of sp³-hybridized carbons (Fsp3) is 0.533. The number of hydrogen-bond acceptors (Lipinski definition) is 4. The summed E-state index contributed by atoms with van der Waals surface area (Å²) in [7, 11) is 0. The second kappa shape index (κ2) is 6.13. The van der Waals surface area contributed by atoms with Gasteiger partial charge in [0.15, 0.2) is 5.82 Å². The van der Waals surface area contributed by atoms with Crippen molar-refractivity contribution in [3.05, 3.63) is 22.7 Å². The Hall–Kier alpha value is -1.43. The van der Waals surface area contributed by atoms with Crippen LogP contribution in [0.2, 0.25) is 0 Å². The van der Waals surface area contributed by atoms with Crippen molar-refractivity contribution < 1.29 is 0 Å². The summed E-state index contributed by atoms with van der Waals surface area (Å²) >= 11 is 3.41. The van der Waals surface area contributed by atoms with Crippen molar-refractivity contribution in [1.29, 1.82) is 0 Å². The van der Waals surface area contributed by atoms with Crippen molar-refractivity contribution in [3.63, 3.8) is 0 Å². The summed E-state index contributed by atoms with van der Waals surface area (Å²) in [4.78, 5) is 0. The van der Waals surface area contributed by atoms with E-state index in [0.29, 0.717) is 11.6 Å². The van der Waals surface area contributed by atoms with Gasteiger partial charge in [-0.25, -0.2) is 4.68 Å². The molecule has 2 N–H and O–H groups in total. The molecule has 1 aliphatic carbocycles. The van der Waals surface area contributed by atoms with Crippen LogP contribution in [-0.2, 0) is 6.54 Å². The first kappa shape index (κ1) is 14.5. The van der Waals surface area contributed by atoms with E-state index >= 15 is 0 Å². The van der Waals surface area contributed by atoms with Gasteiger partial charge in [0.1, 0.15) is 0 Å². The smallest absolute Gasteiger partial charge is 0.182 e. The molecule has 0 bridgehead atoms. The highest BCUT2D eigenvalue weighted by molar-refractivity contribution is 9.10. The van der Waals surface area contributed by atoms with Gasteiger partial charge in [-0.3, -0.25) is 0 Å². The largest absolute Gasteiger partial charge is 0.398 e. The summed E-state index contributed by atoms with van der Waals surface area (Å²) in [5.41, 5.74) is 7.62. The van der Waals surface area contributed by atoms with Crippen LogP contribution in [0.15, 0.2) is 22.7 Å². The molecule has 1 aromatic carbocycles. The molecule has 6 heteroatoms. The van der Waals surface area contributed by atoms with Gasteiger partial charge in [-0.2, -0.15) is 0 Å². The molecule has 0 saturated heterocycles. The number of benzene rings is 1. The zero-order valence-electron chi connectivity index (χ0n) is 12.2. The molecular weight excluding hydrogens is 330 g/mol. The molecule has 0 radical (unpaired) electrons. The Bertz CT molecular complexity index is 616. The average Bonchev–Trinajstić information content (AvgIpc) is 2.92. The SMILES string of the molecule is CC1CCC(Cn2nnnc2-c2ccc(Br)c(N)c2)CC1. The molecular formula is C15H20BrN5. The van der Waals surface area contributed by atoms with Gasteiger partial charge in [-0.1, -0.05) is 19.8 Å². The Kier molecular flexibility index (Phi) is 4.24. The minimum atomic E-state index is 0.677. The van der Waals surface area contributed by atoms with E-state index in [4.69, 9.17) is 5.73 Å². The van der Waals surface area contributed by atoms with Crippen molar-refractivity contribution in [2.45, 2.75) is 39.2 Å². The highest BCUT2D eigenvalue weighted by atomic mass is 79.9. The van der Waals surface area contributed by atoms with Crippen LogP contribution >= 0.6 is 15.9 Å². The van der Waals surface area contributed by atoms with E-state index in [1.54, 1.807) is 0 Å². The summed E-state index contributed by atoms with van der Waals surface area (Å²) in [5, 5.41) is 12.2. The maximum atomic E-state index is 5.95. The lowest BCUT2D eigenvalue weighted by molar-refractivity contribution is 0.257. The van der Waals surface area contributed by atoms with E-state index in [0.717, 1.165) is 28.3 Å². The Morgan fingerprint density at radius 1 is 1.29 bits per heavy atom. The van der Waals surface area contributed by atoms with Crippen molar-refractivity contribution in [1.82, 2.24) is 20.2 Å². The Morgan fingerprint density at radius 2 is 2.05 bits per heavy atom. The van der Waals surface area contributed by atoms with Gasteiger partial charge >= 0.3 is 0 Å². The van der Waals surface area contributed by atoms with E-state index in [9.17, 15) is 0 Å². The summed E-state index contributed by atoms with van der Waals surface area (Å²) in [5.74, 6) is 2.34. The third kappa shape index (κ3) is 3.26. The monoisotopic (exact) mass is 349 g/mol. The number of halogens is 1. The number of anilines is 1. The number of tetrazole rings is 1. The topological polar surface area (TPSA) is 69.6 Å². The zero-order chi connectivity index (χ0) is 14.8. The second-order valence-electron chi connectivity index (χ2n) is 6.05. The molecule has 5 nitrogen and oxygen atoms in total. The van der Waals surface area contributed by atoms with E-state index < -0.39 is 0 Å². The van der Waals surface area contributed by atoms with Crippen LogP contribution in [0.5, 0.6) is 0 Å². The predicted octanol–water partition coefficient (Wildman–Crippen LogP) is 3.51. The molecule has 0 unspecified atom stereocenters. The molecule has 3 rings (SSSR count). The molecule has 1 saturated carbocycles.